The number of ketones is 1. The monoisotopic (exact) mass is 239 g/mol. The summed E-state index contributed by atoms with van der Waals surface area (Å²) in [4.78, 5) is 21.8. The third-order valence-corrected chi connectivity index (χ3v) is 2.17. The topological polar surface area (TPSA) is 64.5 Å². The molecule has 0 spiro atoms. The van der Waals surface area contributed by atoms with Gasteiger partial charge in [-0.2, -0.15) is 4.98 Å². The summed E-state index contributed by atoms with van der Waals surface area (Å²) in [5, 5.41) is 0. The maximum Gasteiger partial charge on any atom is 0.246 e. The molecule has 17 heavy (non-hydrogen) atoms. The van der Waals surface area contributed by atoms with Gasteiger partial charge in [0.2, 0.25) is 11.8 Å². The molecule has 6 nitrogen and oxygen atoms in total. The fraction of sp³-hybridized carbons (Fsp3) is 0.545. The molecule has 0 saturated carbocycles. The number of methoxy groups -OCH3 is 2. The summed E-state index contributed by atoms with van der Waals surface area (Å²) < 4.78 is 9.94. The lowest BCUT2D eigenvalue weighted by Gasteiger charge is -2.10. The van der Waals surface area contributed by atoms with Crippen molar-refractivity contribution in [3.05, 3.63) is 11.9 Å². The highest BCUT2D eigenvalue weighted by molar-refractivity contribution is 5.96. The van der Waals surface area contributed by atoms with E-state index >= 15 is 0 Å². The molecule has 0 amide bonds. The summed E-state index contributed by atoms with van der Waals surface area (Å²) in [6.45, 7) is 0.662. The van der Waals surface area contributed by atoms with E-state index in [9.17, 15) is 4.79 Å². The van der Waals surface area contributed by atoms with Gasteiger partial charge in [0.25, 0.3) is 0 Å². The first-order valence-corrected chi connectivity index (χ1v) is 5.21. The number of Topliss-reactive ketones (excluding diaryl/α,β-unsaturated/α-hetero) is 1. The third kappa shape index (κ3) is 3.67. The lowest BCUT2D eigenvalue weighted by Crippen LogP contribution is -2.18. The van der Waals surface area contributed by atoms with Gasteiger partial charge >= 0.3 is 0 Å². The van der Waals surface area contributed by atoms with Crippen molar-refractivity contribution in [3.8, 4) is 11.8 Å². The lowest BCUT2D eigenvalue weighted by atomic mass is 10.2. The molecule has 1 aromatic rings. The molecule has 6 heteroatoms. The summed E-state index contributed by atoms with van der Waals surface area (Å²) in [5.74, 6) is 0.435. The summed E-state index contributed by atoms with van der Waals surface area (Å²) in [6, 6.07) is 0. The number of carbonyl (C=O) groups is 1. The maximum absolute atomic E-state index is 11.9. The van der Waals surface area contributed by atoms with Crippen LogP contribution in [-0.2, 0) is 0 Å². The van der Waals surface area contributed by atoms with Crippen LogP contribution in [0.1, 0.15) is 16.9 Å². The van der Waals surface area contributed by atoms with Crippen LogP contribution in [0.25, 0.3) is 0 Å². The summed E-state index contributed by atoms with van der Waals surface area (Å²) in [5.41, 5.74) is 0.246. The van der Waals surface area contributed by atoms with E-state index in [2.05, 4.69) is 9.97 Å². The first-order chi connectivity index (χ1) is 8.08. The standard InChI is InChI=1S/C11H17N3O3/c1-14(2)6-5-8(15)10-11(17-4)13-9(16-3)7-12-10/h7H,5-6H2,1-4H3. The van der Waals surface area contributed by atoms with Crippen molar-refractivity contribution in [2.24, 2.45) is 0 Å². The number of ether oxygens (including phenoxy) is 2. The molecule has 0 aliphatic heterocycles. The van der Waals surface area contributed by atoms with Crippen LogP contribution in [0.5, 0.6) is 11.8 Å². The van der Waals surface area contributed by atoms with Crippen LogP contribution in [0.3, 0.4) is 0 Å². The Morgan fingerprint density at radius 3 is 2.59 bits per heavy atom. The number of aromatic nitrogens is 2. The van der Waals surface area contributed by atoms with Crippen LogP contribution in [-0.4, -0.2) is 55.5 Å². The van der Waals surface area contributed by atoms with Gasteiger partial charge < -0.3 is 14.4 Å². The molecule has 0 atom stereocenters. The van der Waals surface area contributed by atoms with Gasteiger partial charge in [-0.3, -0.25) is 4.79 Å². The second-order valence-electron chi connectivity index (χ2n) is 3.75. The predicted octanol–water partition coefficient (Wildman–Crippen LogP) is 0.628. The molecule has 0 fully saturated rings. The molecule has 1 heterocycles. The third-order valence-electron chi connectivity index (χ3n) is 2.17. The van der Waals surface area contributed by atoms with E-state index in [-0.39, 0.29) is 17.4 Å². The maximum atomic E-state index is 11.9. The highest BCUT2D eigenvalue weighted by Gasteiger charge is 2.16. The molecule has 0 aliphatic rings. The van der Waals surface area contributed by atoms with Crippen molar-refractivity contribution < 1.29 is 14.3 Å². The van der Waals surface area contributed by atoms with E-state index in [0.717, 1.165) is 0 Å². The van der Waals surface area contributed by atoms with Crippen molar-refractivity contribution in [1.29, 1.82) is 0 Å². The Morgan fingerprint density at radius 2 is 2.06 bits per heavy atom. The van der Waals surface area contributed by atoms with Crippen LogP contribution in [0.15, 0.2) is 6.20 Å². The molecule has 0 bridgehead atoms. The van der Waals surface area contributed by atoms with Gasteiger partial charge in [-0.05, 0) is 14.1 Å². The zero-order valence-corrected chi connectivity index (χ0v) is 10.6. The summed E-state index contributed by atoms with van der Waals surface area (Å²) >= 11 is 0. The van der Waals surface area contributed by atoms with Crippen molar-refractivity contribution in [3.63, 3.8) is 0 Å². The molecule has 0 radical (unpaired) electrons. The lowest BCUT2D eigenvalue weighted by molar-refractivity contribution is 0.0963. The fourth-order valence-corrected chi connectivity index (χ4v) is 1.23. The molecule has 0 aromatic carbocycles. The first-order valence-electron chi connectivity index (χ1n) is 5.21. The van der Waals surface area contributed by atoms with Gasteiger partial charge in [-0.15, -0.1) is 0 Å². The van der Waals surface area contributed by atoms with Gasteiger partial charge in [0.15, 0.2) is 11.5 Å². The van der Waals surface area contributed by atoms with E-state index in [0.29, 0.717) is 18.8 Å². The average molecular weight is 239 g/mol. The van der Waals surface area contributed by atoms with Gasteiger partial charge in [-0.1, -0.05) is 0 Å². The van der Waals surface area contributed by atoms with Crippen molar-refractivity contribution in [1.82, 2.24) is 14.9 Å². The van der Waals surface area contributed by atoms with E-state index in [4.69, 9.17) is 9.47 Å². The molecular formula is C11H17N3O3. The molecule has 1 rings (SSSR count). The molecule has 1 aromatic heterocycles. The number of hydrogen-bond donors (Lipinski definition) is 0. The van der Waals surface area contributed by atoms with Crippen LogP contribution in [0, 0.1) is 0 Å². The predicted molar refractivity (Wildman–Crippen MR) is 62.6 cm³/mol. The van der Waals surface area contributed by atoms with Crippen molar-refractivity contribution in [2.75, 3.05) is 34.9 Å². The van der Waals surface area contributed by atoms with E-state index in [1.54, 1.807) is 0 Å². The Hall–Kier alpha value is -1.69. The number of hydrogen-bond acceptors (Lipinski definition) is 6. The normalized spacial score (nSPS) is 10.4. The minimum absolute atomic E-state index is 0.0919. The van der Waals surface area contributed by atoms with Crippen molar-refractivity contribution >= 4 is 5.78 Å². The van der Waals surface area contributed by atoms with E-state index < -0.39 is 0 Å². The molecule has 0 N–H and O–H groups in total. The Balaban J connectivity index is 2.85. The summed E-state index contributed by atoms with van der Waals surface area (Å²) in [6.07, 6.45) is 1.79. The van der Waals surface area contributed by atoms with Crippen LogP contribution >= 0.6 is 0 Å². The largest absolute Gasteiger partial charge is 0.480 e. The van der Waals surface area contributed by atoms with Gasteiger partial charge in [0.05, 0.1) is 20.4 Å². The molecule has 94 valence electrons. The first kappa shape index (κ1) is 13.4. The van der Waals surface area contributed by atoms with Gasteiger partial charge in [-0.25, -0.2) is 4.98 Å². The highest BCUT2D eigenvalue weighted by Crippen LogP contribution is 2.18. The Kier molecular flexibility index (Phi) is 4.84. The zero-order chi connectivity index (χ0) is 12.8. The van der Waals surface area contributed by atoms with Gasteiger partial charge in [0, 0.05) is 13.0 Å². The smallest absolute Gasteiger partial charge is 0.246 e. The highest BCUT2D eigenvalue weighted by atomic mass is 16.5. The average Bonchev–Trinajstić information content (AvgIpc) is 2.34. The molecule has 0 aliphatic carbocycles. The number of nitrogens with zero attached hydrogens (tertiary/aromatic N) is 3. The second kappa shape index (κ2) is 6.15. The van der Waals surface area contributed by atoms with E-state index in [1.165, 1.54) is 20.4 Å². The van der Waals surface area contributed by atoms with Gasteiger partial charge in [0.1, 0.15) is 0 Å². The number of carbonyl (C=O) groups excluding carboxylic acids is 1. The zero-order valence-electron chi connectivity index (χ0n) is 10.6. The van der Waals surface area contributed by atoms with E-state index in [1.807, 2.05) is 19.0 Å². The Labute approximate surface area is 101 Å². The molecular weight excluding hydrogens is 222 g/mol. The van der Waals surface area contributed by atoms with Crippen molar-refractivity contribution in [2.45, 2.75) is 6.42 Å². The quantitative estimate of drug-likeness (QED) is 0.678. The molecule has 0 saturated heterocycles. The van der Waals surface area contributed by atoms with Crippen LogP contribution in [0.4, 0.5) is 0 Å². The SMILES string of the molecule is COc1cnc(C(=O)CCN(C)C)c(OC)n1. The minimum Gasteiger partial charge on any atom is -0.480 e. The Morgan fingerprint density at radius 1 is 1.35 bits per heavy atom. The second-order valence-corrected chi connectivity index (χ2v) is 3.75. The minimum atomic E-state index is -0.0919. The summed E-state index contributed by atoms with van der Waals surface area (Å²) in [7, 11) is 6.75. The number of rotatable bonds is 6. The Bertz CT molecular complexity index is 394. The van der Waals surface area contributed by atoms with Crippen LogP contribution in [0.2, 0.25) is 0 Å². The van der Waals surface area contributed by atoms with Crippen LogP contribution < -0.4 is 9.47 Å². The molecule has 0 unspecified atom stereocenters. The fourth-order valence-electron chi connectivity index (χ4n) is 1.23.